The van der Waals surface area contributed by atoms with Crippen LogP contribution in [-0.2, 0) is 0 Å². The second kappa shape index (κ2) is 5.21. The fraction of sp³-hybridized carbons (Fsp3) is 0.357. The van der Waals surface area contributed by atoms with Crippen molar-refractivity contribution in [2.45, 2.75) is 6.42 Å². The van der Waals surface area contributed by atoms with Gasteiger partial charge < -0.3 is 10.2 Å². The van der Waals surface area contributed by atoms with Gasteiger partial charge in [0.05, 0.1) is 5.52 Å². The van der Waals surface area contributed by atoms with Crippen LogP contribution in [0.1, 0.15) is 16.9 Å². The number of fused-ring (bicyclic) bond motifs is 1. The predicted octanol–water partition coefficient (Wildman–Crippen LogP) is 0.867. The van der Waals surface area contributed by atoms with Gasteiger partial charge in [-0.3, -0.25) is 4.79 Å². The molecule has 2 aromatic heterocycles. The van der Waals surface area contributed by atoms with E-state index in [1.165, 1.54) is 0 Å². The average molecular weight is 269 g/mol. The van der Waals surface area contributed by atoms with Gasteiger partial charge in [-0.15, -0.1) is 0 Å². The number of hydrogen-bond acceptors (Lipinski definition) is 4. The molecule has 1 N–H and O–H groups in total. The quantitative estimate of drug-likeness (QED) is 0.839. The maximum atomic E-state index is 12.1. The van der Waals surface area contributed by atoms with Crippen molar-refractivity contribution in [3.05, 3.63) is 36.2 Å². The van der Waals surface area contributed by atoms with Gasteiger partial charge in [0.2, 0.25) is 0 Å². The topological polar surface area (TPSA) is 73.4 Å². The van der Waals surface area contributed by atoms with Crippen LogP contribution in [0.5, 0.6) is 0 Å². The molecular formula is C14H15N5O. The Morgan fingerprint density at radius 3 is 3.20 bits per heavy atom. The van der Waals surface area contributed by atoms with Gasteiger partial charge in [-0.25, -0.2) is 4.52 Å². The minimum absolute atomic E-state index is 0.163. The van der Waals surface area contributed by atoms with E-state index in [-0.39, 0.29) is 5.91 Å². The Bertz CT molecular complexity index is 638. The molecule has 1 aliphatic rings. The average Bonchev–Trinajstić information content (AvgIpc) is 3.10. The number of rotatable bonds is 3. The van der Waals surface area contributed by atoms with Crippen LogP contribution in [0.4, 0.5) is 0 Å². The van der Waals surface area contributed by atoms with E-state index in [0.29, 0.717) is 18.2 Å². The molecule has 3 heterocycles. The number of nitrogens with zero attached hydrogens (tertiary/aromatic N) is 4. The number of pyridine rings is 1. The Morgan fingerprint density at radius 2 is 2.45 bits per heavy atom. The lowest BCUT2D eigenvalue weighted by Gasteiger charge is -2.10. The second-order valence-corrected chi connectivity index (χ2v) is 5.01. The first kappa shape index (κ1) is 12.5. The number of hydrogen-bond donors (Lipinski definition) is 1. The van der Waals surface area contributed by atoms with Crippen molar-refractivity contribution in [1.29, 1.82) is 5.26 Å². The summed E-state index contributed by atoms with van der Waals surface area (Å²) in [5.74, 6) is 0.180. The van der Waals surface area contributed by atoms with E-state index in [0.717, 1.165) is 25.0 Å². The van der Waals surface area contributed by atoms with Gasteiger partial charge >= 0.3 is 0 Å². The molecule has 3 rings (SSSR count). The molecule has 0 spiro atoms. The molecular weight excluding hydrogens is 254 g/mol. The van der Waals surface area contributed by atoms with Crippen LogP contribution in [0, 0.1) is 17.4 Å². The molecule has 6 heteroatoms. The maximum Gasteiger partial charge on any atom is 0.271 e. The van der Waals surface area contributed by atoms with Crippen molar-refractivity contribution in [2.24, 2.45) is 5.92 Å². The lowest BCUT2D eigenvalue weighted by Crippen LogP contribution is -2.30. The number of aromatic nitrogens is 2. The normalized spacial score (nSPS) is 18.1. The first-order valence-electron chi connectivity index (χ1n) is 6.63. The maximum absolute atomic E-state index is 12.1. The van der Waals surface area contributed by atoms with Gasteiger partial charge in [-0.05, 0) is 30.5 Å². The zero-order valence-corrected chi connectivity index (χ0v) is 11.0. The van der Waals surface area contributed by atoms with Crippen molar-refractivity contribution in [1.82, 2.24) is 19.8 Å². The highest BCUT2D eigenvalue weighted by Crippen LogP contribution is 2.14. The highest BCUT2D eigenvalue weighted by molar-refractivity contribution is 5.93. The first-order chi connectivity index (χ1) is 9.76. The molecule has 102 valence electrons. The van der Waals surface area contributed by atoms with Gasteiger partial charge in [0.15, 0.2) is 11.9 Å². The molecule has 0 aliphatic carbocycles. The molecule has 0 saturated carbocycles. The number of likely N-dealkylation sites (tertiary alicyclic amines) is 1. The van der Waals surface area contributed by atoms with Gasteiger partial charge in [-0.1, -0.05) is 6.07 Å². The summed E-state index contributed by atoms with van der Waals surface area (Å²) in [7, 11) is 0. The molecule has 1 amide bonds. The zero-order valence-electron chi connectivity index (χ0n) is 11.0. The zero-order chi connectivity index (χ0) is 13.9. The summed E-state index contributed by atoms with van der Waals surface area (Å²) in [5.41, 5.74) is 1.32. The molecule has 0 unspecified atom stereocenters. The molecule has 20 heavy (non-hydrogen) atoms. The molecule has 2 aromatic rings. The van der Waals surface area contributed by atoms with Gasteiger partial charge in [0.25, 0.3) is 5.91 Å². The SMILES string of the molecule is N#CN1CC[C@H](CNC(=O)c2cc3ccccn3n2)C1. The molecule has 6 nitrogen and oxygen atoms in total. The van der Waals surface area contributed by atoms with Crippen molar-refractivity contribution in [3.8, 4) is 6.19 Å². The van der Waals surface area contributed by atoms with Gasteiger partial charge in [0.1, 0.15) is 0 Å². The summed E-state index contributed by atoms with van der Waals surface area (Å²) >= 11 is 0. The van der Waals surface area contributed by atoms with E-state index in [4.69, 9.17) is 5.26 Å². The third kappa shape index (κ3) is 2.43. The van der Waals surface area contributed by atoms with Crippen LogP contribution in [0.15, 0.2) is 30.5 Å². The molecule has 0 aromatic carbocycles. The molecule has 0 radical (unpaired) electrons. The van der Waals surface area contributed by atoms with E-state index in [2.05, 4.69) is 16.6 Å². The van der Waals surface area contributed by atoms with Crippen molar-refractivity contribution < 1.29 is 4.79 Å². The summed E-state index contributed by atoms with van der Waals surface area (Å²) in [4.78, 5) is 13.8. The Kier molecular flexibility index (Phi) is 3.25. The van der Waals surface area contributed by atoms with Crippen LogP contribution in [0.25, 0.3) is 5.52 Å². The summed E-state index contributed by atoms with van der Waals surface area (Å²) in [6.45, 7) is 2.10. The van der Waals surface area contributed by atoms with Crippen molar-refractivity contribution >= 4 is 11.4 Å². The van der Waals surface area contributed by atoms with Gasteiger partial charge in [0, 0.05) is 25.8 Å². The number of nitriles is 1. The van der Waals surface area contributed by atoms with Gasteiger partial charge in [-0.2, -0.15) is 10.4 Å². The first-order valence-corrected chi connectivity index (χ1v) is 6.63. The smallest absolute Gasteiger partial charge is 0.271 e. The summed E-state index contributed by atoms with van der Waals surface area (Å²) in [6.07, 6.45) is 4.89. The largest absolute Gasteiger partial charge is 0.350 e. The van der Waals surface area contributed by atoms with Crippen molar-refractivity contribution in [3.63, 3.8) is 0 Å². The molecule has 1 atom stereocenters. The highest BCUT2D eigenvalue weighted by Gasteiger charge is 2.22. The molecule has 0 bridgehead atoms. The highest BCUT2D eigenvalue weighted by atomic mass is 16.1. The lowest BCUT2D eigenvalue weighted by atomic mass is 10.1. The monoisotopic (exact) mass is 269 g/mol. The van der Waals surface area contributed by atoms with Crippen LogP contribution in [0.3, 0.4) is 0 Å². The molecule has 1 aliphatic heterocycles. The third-order valence-corrected chi connectivity index (χ3v) is 3.58. The van der Waals surface area contributed by atoms with E-state index in [1.807, 2.05) is 24.4 Å². The minimum atomic E-state index is -0.163. The minimum Gasteiger partial charge on any atom is -0.350 e. The fourth-order valence-corrected chi connectivity index (χ4v) is 2.47. The van der Waals surface area contributed by atoms with E-state index in [1.54, 1.807) is 15.5 Å². The fourth-order valence-electron chi connectivity index (χ4n) is 2.47. The van der Waals surface area contributed by atoms with Crippen LogP contribution in [0.2, 0.25) is 0 Å². The Labute approximate surface area is 116 Å². The number of carbonyl (C=O) groups is 1. The third-order valence-electron chi connectivity index (χ3n) is 3.58. The van der Waals surface area contributed by atoms with E-state index >= 15 is 0 Å². The van der Waals surface area contributed by atoms with Crippen LogP contribution < -0.4 is 5.32 Å². The van der Waals surface area contributed by atoms with E-state index < -0.39 is 0 Å². The standard InChI is InChI=1S/C14H15N5O/c15-10-18-6-4-11(9-18)8-16-14(20)13-7-12-3-1-2-5-19(12)17-13/h1-3,5,7,11H,4,6,8-9H2,(H,16,20)/t11-/m1/s1. The van der Waals surface area contributed by atoms with E-state index in [9.17, 15) is 4.79 Å². The summed E-state index contributed by atoms with van der Waals surface area (Å²) in [6, 6.07) is 7.46. The van der Waals surface area contributed by atoms with Crippen molar-refractivity contribution in [2.75, 3.05) is 19.6 Å². The molecule has 1 fully saturated rings. The number of amides is 1. The Hall–Kier alpha value is -2.55. The van der Waals surface area contributed by atoms with Crippen LogP contribution in [-0.4, -0.2) is 40.1 Å². The summed E-state index contributed by atoms with van der Waals surface area (Å²) < 4.78 is 1.68. The molecule has 1 saturated heterocycles. The number of carbonyl (C=O) groups excluding carboxylic acids is 1. The Morgan fingerprint density at radius 1 is 1.55 bits per heavy atom. The predicted molar refractivity (Wildman–Crippen MR) is 72.8 cm³/mol. The number of nitrogens with one attached hydrogen (secondary N) is 1. The summed E-state index contributed by atoms with van der Waals surface area (Å²) in [5, 5.41) is 15.9. The van der Waals surface area contributed by atoms with Crippen LogP contribution >= 0.6 is 0 Å². The second-order valence-electron chi connectivity index (χ2n) is 5.01. The Balaban J connectivity index is 1.61. The lowest BCUT2D eigenvalue weighted by molar-refractivity contribution is 0.0942.